The van der Waals surface area contributed by atoms with Crippen LogP contribution in [0, 0.1) is 5.92 Å². The SMILES string of the molecule is O=C(NCC1CNCC1O)C1(c2cccc(Cl)c2)CCCCC1. The van der Waals surface area contributed by atoms with E-state index in [1.54, 1.807) is 0 Å². The first-order valence-corrected chi connectivity index (χ1v) is 8.93. The summed E-state index contributed by atoms with van der Waals surface area (Å²) < 4.78 is 0. The molecule has 0 aromatic heterocycles. The Morgan fingerprint density at radius 3 is 2.74 bits per heavy atom. The van der Waals surface area contributed by atoms with E-state index in [1.165, 1.54) is 6.42 Å². The molecule has 2 atom stereocenters. The summed E-state index contributed by atoms with van der Waals surface area (Å²) in [5.74, 6) is 0.178. The molecule has 1 heterocycles. The molecule has 1 aromatic carbocycles. The number of carbonyl (C=O) groups is 1. The molecule has 2 fully saturated rings. The van der Waals surface area contributed by atoms with Crippen LogP contribution in [0.15, 0.2) is 24.3 Å². The van der Waals surface area contributed by atoms with Crippen LogP contribution in [-0.2, 0) is 10.2 Å². The molecule has 3 rings (SSSR count). The van der Waals surface area contributed by atoms with Crippen molar-refractivity contribution in [3.63, 3.8) is 0 Å². The average molecular weight is 337 g/mol. The predicted molar refractivity (Wildman–Crippen MR) is 91.6 cm³/mol. The maximum atomic E-state index is 13.0. The Morgan fingerprint density at radius 2 is 2.09 bits per heavy atom. The zero-order valence-electron chi connectivity index (χ0n) is 13.4. The van der Waals surface area contributed by atoms with Crippen molar-refractivity contribution in [2.75, 3.05) is 19.6 Å². The third kappa shape index (κ3) is 3.54. The van der Waals surface area contributed by atoms with Gasteiger partial charge in [0.25, 0.3) is 0 Å². The second-order valence-electron chi connectivity index (χ2n) is 6.85. The van der Waals surface area contributed by atoms with Gasteiger partial charge in [-0.15, -0.1) is 0 Å². The van der Waals surface area contributed by atoms with Crippen molar-refractivity contribution in [1.29, 1.82) is 0 Å². The summed E-state index contributed by atoms with van der Waals surface area (Å²) in [4.78, 5) is 13.0. The minimum Gasteiger partial charge on any atom is -0.391 e. The fourth-order valence-electron chi connectivity index (χ4n) is 3.91. The number of aliphatic hydroxyl groups excluding tert-OH is 1. The van der Waals surface area contributed by atoms with Crippen LogP contribution in [-0.4, -0.2) is 36.8 Å². The van der Waals surface area contributed by atoms with E-state index in [9.17, 15) is 9.90 Å². The Labute approximate surface area is 142 Å². The molecule has 5 heteroatoms. The van der Waals surface area contributed by atoms with Gasteiger partial charge in [0, 0.05) is 30.6 Å². The zero-order chi connectivity index (χ0) is 16.3. The summed E-state index contributed by atoms with van der Waals surface area (Å²) in [7, 11) is 0. The van der Waals surface area contributed by atoms with E-state index in [1.807, 2.05) is 24.3 Å². The predicted octanol–water partition coefficient (Wildman–Crippen LogP) is 2.24. The molecule has 1 saturated carbocycles. The Bertz CT molecular complexity index is 558. The van der Waals surface area contributed by atoms with Gasteiger partial charge in [-0.25, -0.2) is 0 Å². The maximum absolute atomic E-state index is 13.0. The van der Waals surface area contributed by atoms with Crippen LogP contribution in [0.3, 0.4) is 0 Å². The van der Waals surface area contributed by atoms with Gasteiger partial charge in [0.2, 0.25) is 5.91 Å². The van der Waals surface area contributed by atoms with Crippen molar-refractivity contribution in [3.05, 3.63) is 34.9 Å². The third-order valence-electron chi connectivity index (χ3n) is 5.35. The number of rotatable bonds is 4. The number of benzene rings is 1. The minimum atomic E-state index is -0.472. The number of β-amino-alcohol motifs (C(OH)–C–C–N with tert-alkyl or cyclic N) is 1. The zero-order valence-corrected chi connectivity index (χ0v) is 14.1. The lowest BCUT2D eigenvalue weighted by atomic mass is 9.68. The number of hydrogen-bond acceptors (Lipinski definition) is 3. The molecule has 0 spiro atoms. The summed E-state index contributed by atoms with van der Waals surface area (Å²) >= 11 is 6.16. The van der Waals surface area contributed by atoms with Crippen LogP contribution >= 0.6 is 11.6 Å². The molecule has 1 aromatic rings. The van der Waals surface area contributed by atoms with Gasteiger partial charge in [-0.1, -0.05) is 43.0 Å². The normalized spacial score (nSPS) is 26.9. The smallest absolute Gasteiger partial charge is 0.230 e. The lowest BCUT2D eigenvalue weighted by molar-refractivity contribution is -0.128. The quantitative estimate of drug-likeness (QED) is 0.790. The van der Waals surface area contributed by atoms with E-state index in [4.69, 9.17) is 11.6 Å². The van der Waals surface area contributed by atoms with Crippen LogP contribution < -0.4 is 10.6 Å². The first-order valence-electron chi connectivity index (χ1n) is 8.55. The van der Waals surface area contributed by atoms with Gasteiger partial charge in [0.1, 0.15) is 0 Å². The van der Waals surface area contributed by atoms with Gasteiger partial charge >= 0.3 is 0 Å². The van der Waals surface area contributed by atoms with Crippen LogP contribution in [0.5, 0.6) is 0 Å². The average Bonchev–Trinajstić information content (AvgIpc) is 2.98. The fourth-order valence-corrected chi connectivity index (χ4v) is 4.10. The van der Waals surface area contributed by atoms with Gasteiger partial charge in [0.15, 0.2) is 0 Å². The Balaban J connectivity index is 1.76. The van der Waals surface area contributed by atoms with Crippen molar-refractivity contribution < 1.29 is 9.90 Å². The highest BCUT2D eigenvalue weighted by molar-refractivity contribution is 6.30. The molecule has 2 aliphatic rings. The lowest BCUT2D eigenvalue weighted by Crippen LogP contribution is -2.48. The van der Waals surface area contributed by atoms with Crippen molar-refractivity contribution in [1.82, 2.24) is 10.6 Å². The van der Waals surface area contributed by atoms with Gasteiger partial charge in [-0.2, -0.15) is 0 Å². The van der Waals surface area contributed by atoms with Crippen LogP contribution in [0.4, 0.5) is 0 Å². The second-order valence-corrected chi connectivity index (χ2v) is 7.29. The van der Waals surface area contributed by atoms with Crippen molar-refractivity contribution in [3.8, 4) is 0 Å². The second kappa shape index (κ2) is 7.20. The van der Waals surface area contributed by atoms with Gasteiger partial charge in [-0.3, -0.25) is 4.79 Å². The van der Waals surface area contributed by atoms with Crippen LogP contribution in [0.1, 0.15) is 37.7 Å². The largest absolute Gasteiger partial charge is 0.391 e. The molecule has 1 aliphatic carbocycles. The van der Waals surface area contributed by atoms with E-state index in [0.717, 1.165) is 37.8 Å². The molecular weight excluding hydrogens is 312 g/mol. The standard InChI is InChI=1S/C18H25ClN2O2/c19-15-6-4-5-14(9-15)18(7-2-1-3-8-18)17(23)21-11-13-10-20-12-16(13)22/h4-6,9,13,16,20,22H,1-3,7-8,10-12H2,(H,21,23). The van der Waals surface area contributed by atoms with Crippen LogP contribution in [0.2, 0.25) is 5.02 Å². The molecule has 0 radical (unpaired) electrons. The Hall–Kier alpha value is -1.10. The molecule has 1 saturated heterocycles. The Morgan fingerprint density at radius 1 is 1.30 bits per heavy atom. The van der Waals surface area contributed by atoms with E-state index in [2.05, 4.69) is 10.6 Å². The van der Waals surface area contributed by atoms with Crippen molar-refractivity contribution in [2.24, 2.45) is 5.92 Å². The highest BCUT2D eigenvalue weighted by Crippen LogP contribution is 2.40. The molecule has 126 valence electrons. The van der Waals surface area contributed by atoms with E-state index < -0.39 is 5.41 Å². The molecule has 0 bridgehead atoms. The monoisotopic (exact) mass is 336 g/mol. The number of aliphatic hydroxyl groups is 1. The number of amides is 1. The third-order valence-corrected chi connectivity index (χ3v) is 5.58. The molecule has 1 amide bonds. The molecule has 3 N–H and O–H groups in total. The molecule has 2 unspecified atom stereocenters. The fraction of sp³-hybridized carbons (Fsp3) is 0.611. The highest BCUT2D eigenvalue weighted by atomic mass is 35.5. The number of hydrogen-bond donors (Lipinski definition) is 3. The minimum absolute atomic E-state index is 0.0820. The molecular formula is C18H25ClN2O2. The number of halogens is 1. The first-order chi connectivity index (χ1) is 11.1. The summed E-state index contributed by atoms with van der Waals surface area (Å²) in [6.07, 6.45) is 4.67. The lowest BCUT2D eigenvalue weighted by Gasteiger charge is -2.37. The molecule has 1 aliphatic heterocycles. The maximum Gasteiger partial charge on any atom is 0.230 e. The topological polar surface area (TPSA) is 61.4 Å². The Kier molecular flexibility index (Phi) is 5.24. The van der Waals surface area contributed by atoms with E-state index >= 15 is 0 Å². The van der Waals surface area contributed by atoms with Crippen molar-refractivity contribution in [2.45, 2.75) is 43.6 Å². The van der Waals surface area contributed by atoms with Gasteiger partial charge in [-0.05, 0) is 30.5 Å². The van der Waals surface area contributed by atoms with Gasteiger partial charge < -0.3 is 15.7 Å². The van der Waals surface area contributed by atoms with Gasteiger partial charge in [0.05, 0.1) is 11.5 Å². The molecule has 4 nitrogen and oxygen atoms in total. The number of nitrogens with one attached hydrogen (secondary N) is 2. The summed E-state index contributed by atoms with van der Waals surface area (Å²) in [5.41, 5.74) is 0.549. The van der Waals surface area contributed by atoms with Crippen LogP contribution in [0.25, 0.3) is 0 Å². The van der Waals surface area contributed by atoms with E-state index in [-0.39, 0.29) is 17.9 Å². The highest BCUT2D eigenvalue weighted by Gasteiger charge is 2.41. The summed E-state index contributed by atoms with van der Waals surface area (Å²) in [6.45, 7) is 1.89. The first kappa shape index (κ1) is 16.7. The van der Waals surface area contributed by atoms with E-state index in [0.29, 0.717) is 18.1 Å². The molecule has 23 heavy (non-hydrogen) atoms. The summed E-state index contributed by atoms with van der Waals surface area (Å²) in [6, 6.07) is 7.72. The summed E-state index contributed by atoms with van der Waals surface area (Å²) in [5, 5.41) is 16.8. The number of carbonyl (C=O) groups excluding carboxylic acids is 1. The van der Waals surface area contributed by atoms with Crippen molar-refractivity contribution >= 4 is 17.5 Å².